The van der Waals surface area contributed by atoms with Crippen molar-refractivity contribution >= 4 is 82.2 Å². The summed E-state index contributed by atoms with van der Waals surface area (Å²) in [5, 5.41) is 8.02. The summed E-state index contributed by atoms with van der Waals surface area (Å²) in [6.45, 7) is 0. The molecule has 4 nitrogen and oxygen atoms in total. The molecule has 0 amide bonds. The molecule has 0 fully saturated rings. The van der Waals surface area contributed by atoms with Crippen LogP contribution in [0.15, 0.2) is 154 Å². The number of para-hydroxylation sites is 3. The molecule has 0 saturated carbocycles. The van der Waals surface area contributed by atoms with E-state index >= 15 is 0 Å². The summed E-state index contributed by atoms with van der Waals surface area (Å²) in [5.74, 6) is 0. The molecule has 0 atom stereocenters. The highest BCUT2D eigenvalue weighted by Crippen LogP contribution is 2.41. The van der Waals surface area contributed by atoms with Crippen LogP contribution in [0.3, 0.4) is 0 Å². The number of aromatic nitrogens is 2. The summed E-state index contributed by atoms with van der Waals surface area (Å²) < 4.78 is 14.9. The number of pyridine rings is 1. The molecule has 7 aromatic carbocycles. The second kappa shape index (κ2) is 9.09. The molecular formula is C43H24N2O2. The first-order chi connectivity index (χ1) is 23.3. The number of hydrogen-bond donors (Lipinski definition) is 0. The van der Waals surface area contributed by atoms with E-state index in [4.69, 9.17) is 13.8 Å². The molecule has 4 aromatic heterocycles. The van der Waals surface area contributed by atoms with E-state index in [2.05, 4.69) is 126 Å². The van der Waals surface area contributed by atoms with Gasteiger partial charge in [-0.15, -0.1) is 0 Å². The molecule has 47 heavy (non-hydrogen) atoms. The topological polar surface area (TPSA) is 43.6 Å². The molecule has 4 heteroatoms. The maximum atomic E-state index is 6.42. The van der Waals surface area contributed by atoms with Crippen LogP contribution in [0, 0.1) is 0 Å². The molecule has 0 aliphatic rings. The lowest BCUT2D eigenvalue weighted by atomic mass is 9.97. The van der Waals surface area contributed by atoms with Crippen molar-refractivity contribution in [3.05, 3.63) is 146 Å². The molecule has 11 rings (SSSR count). The molecule has 0 N–H and O–H groups in total. The molecule has 0 bridgehead atoms. The van der Waals surface area contributed by atoms with Crippen LogP contribution in [-0.4, -0.2) is 9.38 Å². The van der Waals surface area contributed by atoms with Crippen LogP contribution in [0.2, 0.25) is 0 Å². The van der Waals surface area contributed by atoms with Crippen LogP contribution in [0.5, 0.6) is 0 Å². The van der Waals surface area contributed by atoms with E-state index in [0.717, 1.165) is 82.6 Å². The van der Waals surface area contributed by atoms with Gasteiger partial charge in [-0.05, 0) is 76.2 Å². The number of nitrogens with zero attached hydrogens (tertiary/aromatic N) is 2. The fourth-order valence-electron chi connectivity index (χ4n) is 7.60. The van der Waals surface area contributed by atoms with Gasteiger partial charge in [0.2, 0.25) is 0 Å². The van der Waals surface area contributed by atoms with Crippen molar-refractivity contribution in [2.45, 2.75) is 0 Å². The average Bonchev–Trinajstić information content (AvgIpc) is 3.82. The lowest BCUT2D eigenvalue weighted by Gasteiger charge is -2.11. The summed E-state index contributed by atoms with van der Waals surface area (Å²) >= 11 is 0. The minimum atomic E-state index is 0.871. The first-order valence-corrected chi connectivity index (χ1v) is 15.9. The van der Waals surface area contributed by atoms with Gasteiger partial charge in [-0.3, -0.25) is 4.40 Å². The minimum absolute atomic E-state index is 0.871. The Kier molecular flexibility index (Phi) is 4.81. The summed E-state index contributed by atoms with van der Waals surface area (Å²) in [5.41, 5.74) is 12.4. The van der Waals surface area contributed by atoms with Gasteiger partial charge in [-0.2, -0.15) is 0 Å². The van der Waals surface area contributed by atoms with Gasteiger partial charge in [0.25, 0.3) is 0 Å². The summed E-state index contributed by atoms with van der Waals surface area (Å²) in [6.07, 6.45) is 0. The molecule has 0 aliphatic carbocycles. The molecule has 4 heterocycles. The third-order valence-corrected chi connectivity index (χ3v) is 9.79. The van der Waals surface area contributed by atoms with Crippen molar-refractivity contribution in [1.29, 1.82) is 0 Å². The molecule has 0 unspecified atom stereocenters. The fraction of sp³-hybridized carbons (Fsp3) is 0. The summed E-state index contributed by atoms with van der Waals surface area (Å²) in [4.78, 5) is 5.05. The van der Waals surface area contributed by atoms with E-state index in [1.54, 1.807) is 0 Å². The van der Waals surface area contributed by atoms with E-state index < -0.39 is 0 Å². The average molecular weight is 601 g/mol. The first kappa shape index (κ1) is 24.9. The van der Waals surface area contributed by atoms with Crippen molar-refractivity contribution < 1.29 is 8.83 Å². The largest absolute Gasteiger partial charge is 0.456 e. The molecular weight excluding hydrogens is 576 g/mol. The Morgan fingerprint density at radius 3 is 1.74 bits per heavy atom. The van der Waals surface area contributed by atoms with Gasteiger partial charge in [0.1, 0.15) is 28.0 Å². The van der Waals surface area contributed by atoms with Gasteiger partial charge in [0.05, 0.1) is 16.6 Å². The van der Waals surface area contributed by atoms with E-state index in [1.807, 2.05) is 24.3 Å². The van der Waals surface area contributed by atoms with Crippen molar-refractivity contribution in [1.82, 2.24) is 9.38 Å². The van der Waals surface area contributed by atoms with Crippen LogP contribution in [0.4, 0.5) is 0 Å². The third-order valence-electron chi connectivity index (χ3n) is 9.79. The maximum absolute atomic E-state index is 6.42. The van der Waals surface area contributed by atoms with Gasteiger partial charge in [-0.25, -0.2) is 4.98 Å². The fourth-order valence-corrected chi connectivity index (χ4v) is 7.60. The van der Waals surface area contributed by atoms with Crippen molar-refractivity contribution in [2.24, 2.45) is 0 Å². The molecule has 218 valence electrons. The van der Waals surface area contributed by atoms with Gasteiger partial charge >= 0.3 is 0 Å². The Labute approximate surface area is 267 Å². The van der Waals surface area contributed by atoms with Crippen LogP contribution >= 0.6 is 0 Å². The highest BCUT2D eigenvalue weighted by Gasteiger charge is 2.17. The molecule has 11 aromatic rings. The Balaban J connectivity index is 1.04. The third kappa shape index (κ3) is 3.44. The van der Waals surface area contributed by atoms with Crippen molar-refractivity contribution in [2.75, 3.05) is 0 Å². The van der Waals surface area contributed by atoms with Crippen LogP contribution < -0.4 is 0 Å². The zero-order chi connectivity index (χ0) is 30.6. The predicted octanol–water partition coefficient (Wildman–Crippen LogP) is 11.9. The number of furan rings is 2. The highest BCUT2D eigenvalue weighted by atomic mass is 16.3. The lowest BCUT2D eigenvalue weighted by molar-refractivity contribution is 0.663. The van der Waals surface area contributed by atoms with Gasteiger partial charge in [0.15, 0.2) is 0 Å². The number of benzene rings is 7. The predicted molar refractivity (Wildman–Crippen MR) is 193 cm³/mol. The molecule has 0 radical (unpaired) electrons. The lowest BCUT2D eigenvalue weighted by Crippen LogP contribution is -1.92. The molecule has 0 aliphatic heterocycles. The van der Waals surface area contributed by atoms with Crippen LogP contribution in [-0.2, 0) is 0 Å². The second-order valence-electron chi connectivity index (χ2n) is 12.3. The first-order valence-electron chi connectivity index (χ1n) is 15.9. The highest BCUT2D eigenvalue weighted by molar-refractivity contribution is 6.26. The Hall–Kier alpha value is -6.39. The Bertz CT molecular complexity index is 3070. The number of hydrogen-bond acceptors (Lipinski definition) is 3. The van der Waals surface area contributed by atoms with Gasteiger partial charge < -0.3 is 8.83 Å². The number of rotatable bonds is 2. The number of fused-ring (bicyclic) bond motifs is 15. The second-order valence-corrected chi connectivity index (χ2v) is 12.3. The molecule has 0 spiro atoms. The Morgan fingerprint density at radius 1 is 0.383 bits per heavy atom. The normalized spacial score (nSPS) is 12.3. The number of imidazole rings is 1. The Morgan fingerprint density at radius 2 is 0.957 bits per heavy atom. The maximum Gasteiger partial charge on any atom is 0.146 e. The van der Waals surface area contributed by atoms with Crippen LogP contribution in [0.1, 0.15) is 0 Å². The monoisotopic (exact) mass is 600 g/mol. The van der Waals surface area contributed by atoms with Crippen LogP contribution in [0.25, 0.3) is 104 Å². The van der Waals surface area contributed by atoms with E-state index in [9.17, 15) is 0 Å². The van der Waals surface area contributed by atoms with E-state index in [0.29, 0.717) is 0 Å². The van der Waals surface area contributed by atoms with E-state index in [1.165, 1.54) is 21.9 Å². The van der Waals surface area contributed by atoms with Gasteiger partial charge in [-0.1, -0.05) is 97.1 Å². The van der Waals surface area contributed by atoms with Crippen molar-refractivity contribution in [3.63, 3.8) is 0 Å². The molecule has 0 saturated heterocycles. The zero-order valence-corrected chi connectivity index (χ0v) is 25.1. The summed E-state index contributed by atoms with van der Waals surface area (Å²) in [6, 6.07) is 51.3. The summed E-state index contributed by atoms with van der Waals surface area (Å²) in [7, 11) is 0. The smallest absolute Gasteiger partial charge is 0.146 e. The van der Waals surface area contributed by atoms with Crippen molar-refractivity contribution in [3.8, 4) is 22.3 Å². The zero-order valence-electron chi connectivity index (χ0n) is 25.1. The van der Waals surface area contributed by atoms with Gasteiger partial charge in [0, 0.05) is 32.3 Å². The van der Waals surface area contributed by atoms with E-state index in [-0.39, 0.29) is 0 Å². The standard InChI is InChI=1S/C43H24N2O2/c1-2-8-31-29(7-1)30-19-17-27(23-36(30)45-35-11-5-4-10-34(35)44-43(31)45)25-13-15-26(16-14-25)28-18-20-33-40(24-28)47-39-22-21-38-41(42(33)39)32-9-3-6-12-37(32)46-38/h1-24H. The quantitative estimate of drug-likeness (QED) is 0.185. The SMILES string of the molecule is c1ccc2c(c1)nc1c3ccccc3c3ccc(-c4ccc(-c5ccc6c(c5)oc5ccc7oc8ccccc8c7c56)cc4)cc3n21. The minimum Gasteiger partial charge on any atom is -0.456 e.